The van der Waals surface area contributed by atoms with Gasteiger partial charge in [-0.05, 0) is 70.7 Å². The van der Waals surface area contributed by atoms with E-state index in [1.54, 1.807) is 7.11 Å². The molecule has 0 aliphatic rings. The van der Waals surface area contributed by atoms with Gasteiger partial charge in [0.05, 0.1) is 18.2 Å². The molecular formula is C25H29BrClNO3. The van der Waals surface area contributed by atoms with E-state index < -0.39 is 0 Å². The highest BCUT2D eigenvalue weighted by molar-refractivity contribution is 9.10. The zero-order valence-corrected chi connectivity index (χ0v) is 20.3. The highest BCUT2D eigenvalue weighted by Gasteiger charge is 2.13. The average molecular weight is 507 g/mol. The maximum atomic E-state index is 6.06. The first-order valence-electron chi connectivity index (χ1n) is 10.2. The fourth-order valence-electron chi connectivity index (χ4n) is 3.22. The smallest absolute Gasteiger partial charge is 0.175 e. The van der Waals surface area contributed by atoms with Crippen LogP contribution < -0.4 is 19.5 Å². The second-order valence-electron chi connectivity index (χ2n) is 6.85. The number of hydrogen-bond donors (Lipinski definition) is 1. The topological polar surface area (TPSA) is 39.7 Å². The van der Waals surface area contributed by atoms with Gasteiger partial charge in [-0.3, -0.25) is 0 Å². The van der Waals surface area contributed by atoms with E-state index in [1.165, 1.54) is 5.56 Å². The molecule has 0 heterocycles. The highest BCUT2D eigenvalue weighted by Crippen LogP contribution is 2.37. The Morgan fingerprint density at radius 3 is 2.35 bits per heavy atom. The fraction of sp³-hybridized carbons (Fsp3) is 0.280. The zero-order chi connectivity index (χ0) is 21.2. The van der Waals surface area contributed by atoms with Gasteiger partial charge in [-0.25, -0.2) is 0 Å². The maximum Gasteiger partial charge on any atom is 0.175 e. The molecule has 1 N–H and O–H groups in total. The van der Waals surface area contributed by atoms with E-state index in [4.69, 9.17) is 14.2 Å². The summed E-state index contributed by atoms with van der Waals surface area (Å²) in [5.74, 6) is 2.42. The number of hydrogen-bond acceptors (Lipinski definition) is 4. The molecule has 0 aliphatic heterocycles. The van der Waals surface area contributed by atoms with E-state index in [9.17, 15) is 0 Å². The molecule has 31 heavy (non-hydrogen) atoms. The predicted octanol–water partition coefficient (Wildman–Crippen LogP) is 6.19. The largest absolute Gasteiger partial charge is 0.496 e. The molecule has 0 saturated carbocycles. The third-order valence-electron chi connectivity index (χ3n) is 4.69. The van der Waals surface area contributed by atoms with Crippen LogP contribution in [0.2, 0.25) is 0 Å². The van der Waals surface area contributed by atoms with Crippen molar-refractivity contribution in [2.45, 2.75) is 26.5 Å². The van der Waals surface area contributed by atoms with Crippen LogP contribution in [0.1, 0.15) is 23.6 Å². The SMILES string of the molecule is CCOc1cc(CNCCc2ccccc2OC)cc(Br)c1OCc1ccccc1.Cl. The second kappa shape index (κ2) is 13.3. The lowest BCUT2D eigenvalue weighted by atomic mass is 10.1. The summed E-state index contributed by atoms with van der Waals surface area (Å²) in [6.07, 6.45) is 0.905. The molecule has 0 aliphatic carbocycles. The summed E-state index contributed by atoms with van der Waals surface area (Å²) >= 11 is 3.66. The van der Waals surface area contributed by atoms with Gasteiger partial charge >= 0.3 is 0 Å². The predicted molar refractivity (Wildman–Crippen MR) is 132 cm³/mol. The first-order valence-corrected chi connectivity index (χ1v) is 10.9. The Kier molecular flexibility index (Phi) is 10.7. The molecule has 0 unspecified atom stereocenters. The van der Waals surface area contributed by atoms with E-state index in [0.29, 0.717) is 13.2 Å². The van der Waals surface area contributed by atoms with Crippen molar-refractivity contribution in [3.8, 4) is 17.2 Å². The second-order valence-corrected chi connectivity index (χ2v) is 7.71. The van der Waals surface area contributed by atoms with Crippen molar-refractivity contribution in [3.05, 3.63) is 87.9 Å². The van der Waals surface area contributed by atoms with Crippen molar-refractivity contribution >= 4 is 28.3 Å². The van der Waals surface area contributed by atoms with Crippen molar-refractivity contribution in [1.82, 2.24) is 5.32 Å². The Bertz CT molecular complexity index is 937. The summed E-state index contributed by atoms with van der Waals surface area (Å²) in [4.78, 5) is 0. The van der Waals surface area contributed by atoms with Crippen LogP contribution in [0, 0.1) is 0 Å². The summed E-state index contributed by atoms with van der Waals surface area (Å²) in [6.45, 7) is 4.66. The first kappa shape index (κ1) is 25.1. The lowest BCUT2D eigenvalue weighted by Crippen LogP contribution is -2.17. The molecule has 3 aromatic carbocycles. The van der Waals surface area contributed by atoms with Gasteiger partial charge in [-0.1, -0.05) is 48.5 Å². The van der Waals surface area contributed by atoms with Crippen LogP contribution in [-0.2, 0) is 19.6 Å². The molecule has 0 atom stereocenters. The Morgan fingerprint density at radius 1 is 0.871 bits per heavy atom. The Hall–Kier alpha value is -2.21. The van der Waals surface area contributed by atoms with Gasteiger partial charge in [0.25, 0.3) is 0 Å². The Labute approximate surface area is 199 Å². The molecule has 0 bridgehead atoms. The van der Waals surface area contributed by atoms with E-state index in [-0.39, 0.29) is 12.4 Å². The van der Waals surface area contributed by atoms with Crippen molar-refractivity contribution in [1.29, 1.82) is 0 Å². The lowest BCUT2D eigenvalue weighted by Gasteiger charge is -2.16. The normalized spacial score (nSPS) is 10.3. The summed E-state index contributed by atoms with van der Waals surface area (Å²) < 4.78 is 18.2. The summed E-state index contributed by atoms with van der Waals surface area (Å²) in [6, 6.07) is 22.4. The molecule has 166 valence electrons. The minimum atomic E-state index is 0. The van der Waals surface area contributed by atoms with Gasteiger partial charge in [-0.15, -0.1) is 12.4 Å². The van der Waals surface area contributed by atoms with E-state index in [1.807, 2.05) is 61.5 Å². The molecule has 0 aromatic heterocycles. The molecule has 6 heteroatoms. The maximum absolute atomic E-state index is 6.06. The summed E-state index contributed by atoms with van der Waals surface area (Å²) in [5.41, 5.74) is 3.46. The quantitative estimate of drug-likeness (QED) is 0.315. The molecule has 3 aromatic rings. The Morgan fingerprint density at radius 2 is 1.61 bits per heavy atom. The number of methoxy groups -OCH3 is 1. The van der Waals surface area contributed by atoms with E-state index in [0.717, 1.165) is 52.4 Å². The van der Waals surface area contributed by atoms with E-state index in [2.05, 4.69) is 33.4 Å². The summed E-state index contributed by atoms with van der Waals surface area (Å²) in [5, 5.41) is 3.50. The zero-order valence-electron chi connectivity index (χ0n) is 17.9. The van der Waals surface area contributed by atoms with Crippen LogP contribution in [-0.4, -0.2) is 20.3 Å². The lowest BCUT2D eigenvalue weighted by molar-refractivity contribution is 0.267. The molecule has 3 rings (SSSR count). The number of halogens is 2. The average Bonchev–Trinajstić information content (AvgIpc) is 2.77. The molecule has 0 amide bonds. The van der Waals surface area contributed by atoms with Crippen LogP contribution >= 0.6 is 28.3 Å². The number of benzene rings is 3. The number of nitrogens with one attached hydrogen (secondary N) is 1. The van der Waals surface area contributed by atoms with Gasteiger partial charge in [0, 0.05) is 6.54 Å². The van der Waals surface area contributed by atoms with Crippen molar-refractivity contribution < 1.29 is 14.2 Å². The molecule has 0 spiro atoms. The van der Waals surface area contributed by atoms with Crippen LogP contribution in [0.15, 0.2) is 71.2 Å². The number of ether oxygens (including phenoxy) is 3. The van der Waals surface area contributed by atoms with E-state index >= 15 is 0 Å². The van der Waals surface area contributed by atoms with Gasteiger partial charge in [0.1, 0.15) is 12.4 Å². The van der Waals surface area contributed by atoms with Gasteiger partial charge in [-0.2, -0.15) is 0 Å². The standard InChI is InChI=1S/C25H28BrNO3.ClH/c1-3-29-24-16-20(17-27-14-13-21-11-7-8-12-23(21)28-2)15-22(26)25(24)30-18-19-9-5-4-6-10-19;/h4-12,15-16,27H,3,13-14,17-18H2,1-2H3;1H. The third kappa shape index (κ3) is 7.46. The molecule has 0 saturated heterocycles. The van der Waals surface area contributed by atoms with Crippen molar-refractivity contribution in [2.24, 2.45) is 0 Å². The van der Waals surface area contributed by atoms with Crippen molar-refractivity contribution in [3.63, 3.8) is 0 Å². The van der Waals surface area contributed by atoms with Gasteiger partial charge in [0.15, 0.2) is 11.5 Å². The minimum Gasteiger partial charge on any atom is -0.496 e. The molecular weight excluding hydrogens is 478 g/mol. The van der Waals surface area contributed by atoms with Crippen LogP contribution in [0.5, 0.6) is 17.2 Å². The van der Waals surface area contributed by atoms with Crippen LogP contribution in [0.25, 0.3) is 0 Å². The monoisotopic (exact) mass is 505 g/mol. The molecule has 0 fully saturated rings. The van der Waals surface area contributed by atoms with Gasteiger partial charge < -0.3 is 19.5 Å². The Balaban J connectivity index is 0.00000341. The van der Waals surface area contributed by atoms with Gasteiger partial charge in [0.2, 0.25) is 0 Å². The first-order chi connectivity index (χ1) is 14.7. The fourth-order valence-corrected chi connectivity index (χ4v) is 3.83. The van der Waals surface area contributed by atoms with Crippen LogP contribution in [0.3, 0.4) is 0 Å². The third-order valence-corrected chi connectivity index (χ3v) is 5.28. The minimum absolute atomic E-state index is 0. The molecule has 4 nitrogen and oxygen atoms in total. The highest BCUT2D eigenvalue weighted by atomic mass is 79.9. The number of para-hydroxylation sites is 1. The molecule has 0 radical (unpaired) electrons. The van der Waals surface area contributed by atoms with Crippen molar-refractivity contribution in [2.75, 3.05) is 20.3 Å². The van der Waals surface area contributed by atoms with Crippen LogP contribution in [0.4, 0.5) is 0 Å². The summed E-state index contributed by atoms with van der Waals surface area (Å²) in [7, 11) is 1.71. The number of rotatable bonds is 11.